The van der Waals surface area contributed by atoms with Crippen molar-refractivity contribution < 1.29 is 62.6 Å². The summed E-state index contributed by atoms with van der Waals surface area (Å²) in [5, 5.41) is 32.1. The van der Waals surface area contributed by atoms with Gasteiger partial charge in [0.2, 0.25) is 70.9 Å². The molecule has 2 aliphatic rings. The van der Waals surface area contributed by atoms with Gasteiger partial charge in [-0.15, -0.1) is 0 Å². The summed E-state index contributed by atoms with van der Waals surface area (Å²) < 4.78 is 0. The highest BCUT2D eigenvalue weighted by Crippen LogP contribution is 2.41. The number of carbonyl (C=O) groups excluding carboxylic acids is 12. The van der Waals surface area contributed by atoms with Crippen LogP contribution in [0, 0.1) is 17.8 Å². The molecule has 1 aromatic rings. The lowest BCUT2D eigenvalue weighted by Gasteiger charge is -2.29. The van der Waals surface area contributed by atoms with Gasteiger partial charge in [0.1, 0.15) is 42.0 Å². The third-order valence-electron chi connectivity index (χ3n) is 11.2. The summed E-state index contributed by atoms with van der Waals surface area (Å²) in [6.07, 6.45) is -1.56. The van der Waals surface area contributed by atoms with E-state index in [1.807, 2.05) is 0 Å². The van der Waals surface area contributed by atoms with Crippen molar-refractivity contribution in [3.8, 4) is 5.75 Å². The number of primary amides is 3. The normalized spacial score (nSPS) is 24.0. The summed E-state index contributed by atoms with van der Waals surface area (Å²) in [4.78, 5) is 155. The SMILES string of the molecule is CCC(C)C1NC(=O)[C@H](Cc2ccc(O)cc2)NC(=O)CNC(=O)CCC(C(=O)NCCC2CC2C(=O)N[C@@H](C)C(=O)NCC(N)=O)NC(=O)[C@H](CC(N)=O)NC(=O)[C@H](CCC(N)=O)NC1=O. The molecule has 25 heteroatoms. The number of nitrogens with two attached hydrogens (primary N) is 3. The van der Waals surface area contributed by atoms with Crippen LogP contribution in [0.3, 0.4) is 0 Å². The van der Waals surface area contributed by atoms with Gasteiger partial charge < -0.3 is 70.2 Å². The Bertz CT molecular complexity index is 2030. The molecule has 1 heterocycles. The molecule has 5 unspecified atom stereocenters. The van der Waals surface area contributed by atoms with Gasteiger partial charge in [0.05, 0.1) is 19.5 Å². The number of benzene rings is 1. The van der Waals surface area contributed by atoms with Crippen LogP contribution in [0.25, 0.3) is 0 Å². The lowest BCUT2D eigenvalue weighted by molar-refractivity contribution is -0.136. The number of phenols is 1. The second-order valence-corrected chi connectivity index (χ2v) is 16.6. The number of nitrogens with one attached hydrogen (secondary N) is 9. The fraction of sp³-hybridized carbons (Fsp3) is 0.571. The van der Waals surface area contributed by atoms with E-state index in [1.54, 1.807) is 13.8 Å². The second-order valence-electron chi connectivity index (χ2n) is 16.6. The summed E-state index contributed by atoms with van der Waals surface area (Å²) in [6.45, 7) is 3.73. The van der Waals surface area contributed by atoms with Crippen molar-refractivity contribution in [2.75, 3.05) is 19.6 Å². The van der Waals surface area contributed by atoms with Crippen LogP contribution in [0.5, 0.6) is 5.75 Å². The molecule has 1 aromatic carbocycles. The van der Waals surface area contributed by atoms with Crippen LogP contribution in [0.15, 0.2) is 24.3 Å². The zero-order valence-corrected chi connectivity index (χ0v) is 37.6. The minimum absolute atomic E-state index is 0.0140. The average molecular weight is 943 g/mol. The number of phenolic OH excluding ortho intramolecular Hbond substituents is 1. The first-order chi connectivity index (χ1) is 31.6. The Balaban J connectivity index is 1.88. The predicted molar refractivity (Wildman–Crippen MR) is 234 cm³/mol. The highest BCUT2D eigenvalue weighted by Gasteiger charge is 2.43. The molecule has 16 N–H and O–H groups in total. The number of rotatable bonds is 18. The summed E-state index contributed by atoms with van der Waals surface area (Å²) in [5.74, 6) is -11.3. The van der Waals surface area contributed by atoms with Gasteiger partial charge in [-0.25, -0.2) is 0 Å². The van der Waals surface area contributed by atoms with Crippen molar-refractivity contribution >= 4 is 70.9 Å². The third-order valence-corrected chi connectivity index (χ3v) is 11.2. The van der Waals surface area contributed by atoms with Crippen molar-refractivity contribution in [1.29, 1.82) is 0 Å². The van der Waals surface area contributed by atoms with E-state index >= 15 is 0 Å². The van der Waals surface area contributed by atoms with E-state index in [4.69, 9.17) is 17.2 Å². The molecule has 0 bridgehead atoms. The summed E-state index contributed by atoms with van der Waals surface area (Å²) in [5.41, 5.74) is 16.3. The molecule has 0 aromatic heterocycles. The van der Waals surface area contributed by atoms with Gasteiger partial charge >= 0.3 is 0 Å². The largest absolute Gasteiger partial charge is 0.508 e. The van der Waals surface area contributed by atoms with Crippen molar-refractivity contribution in [2.45, 2.75) is 115 Å². The first-order valence-corrected chi connectivity index (χ1v) is 21.8. The molecule has 0 radical (unpaired) electrons. The van der Waals surface area contributed by atoms with E-state index in [0.717, 1.165) is 0 Å². The van der Waals surface area contributed by atoms with Gasteiger partial charge in [-0.2, -0.15) is 0 Å². The van der Waals surface area contributed by atoms with E-state index in [-0.39, 0.29) is 37.5 Å². The van der Waals surface area contributed by atoms with E-state index in [1.165, 1.54) is 31.2 Å². The third kappa shape index (κ3) is 18.6. The monoisotopic (exact) mass is 942 g/mol. The summed E-state index contributed by atoms with van der Waals surface area (Å²) in [6, 6.07) is -2.72. The zero-order valence-electron chi connectivity index (χ0n) is 37.6. The number of carbonyl (C=O) groups is 12. The maximum atomic E-state index is 13.9. The zero-order chi connectivity index (χ0) is 50.0. The number of amides is 12. The number of hydrogen-bond donors (Lipinski definition) is 13. The maximum Gasteiger partial charge on any atom is 0.243 e. The Kier molecular flexibility index (Phi) is 20.9. The van der Waals surface area contributed by atoms with E-state index in [9.17, 15) is 62.6 Å². The molecule has 0 spiro atoms. The molecular formula is C42H62N12O13. The fourth-order valence-electron chi connectivity index (χ4n) is 6.97. The van der Waals surface area contributed by atoms with Crippen LogP contribution >= 0.6 is 0 Å². The van der Waals surface area contributed by atoms with Gasteiger partial charge in [0.25, 0.3) is 0 Å². The maximum absolute atomic E-state index is 13.9. The molecule has 67 heavy (non-hydrogen) atoms. The Morgan fingerprint density at radius 3 is 2.00 bits per heavy atom. The second kappa shape index (κ2) is 26.0. The minimum atomic E-state index is -1.76. The van der Waals surface area contributed by atoms with Crippen molar-refractivity contribution in [3.63, 3.8) is 0 Å². The molecule has 3 rings (SSSR count). The smallest absolute Gasteiger partial charge is 0.243 e. The highest BCUT2D eigenvalue weighted by molar-refractivity contribution is 5.98. The first kappa shape index (κ1) is 54.0. The van der Waals surface area contributed by atoms with Crippen LogP contribution in [-0.2, 0) is 64.0 Å². The lowest BCUT2D eigenvalue weighted by atomic mass is 9.96. The molecule has 368 valence electrons. The van der Waals surface area contributed by atoms with Crippen LogP contribution in [-0.4, -0.2) is 132 Å². The number of hydrogen-bond acceptors (Lipinski definition) is 13. The van der Waals surface area contributed by atoms with E-state index in [2.05, 4.69) is 47.9 Å². The average Bonchev–Trinajstić information content (AvgIpc) is 4.05. The molecule has 25 nitrogen and oxygen atoms in total. The van der Waals surface area contributed by atoms with Crippen LogP contribution in [0.1, 0.15) is 77.7 Å². The first-order valence-electron chi connectivity index (χ1n) is 21.8. The van der Waals surface area contributed by atoms with Gasteiger partial charge in [0.15, 0.2) is 0 Å². The summed E-state index contributed by atoms with van der Waals surface area (Å²) in [7, 11) is 0. The molecule has 2 fully saturated rings. The van der Waals surface area contributed by atoms with Gasteiger partial charge in [-0.1, -0.05) is 32.4 Å². The van der Waals surface area contributed by atoms with Gasteiger partial charge in [0, 0.05) is 31.7 Å². The van der Waals surface area contributed by atoms with Gasteiger partial charge in [-0.3, -0.25) is 57.5 Å². The van der Waals surface area contributed by atoms with Crippen LogP contribution in [0.4, 0.5) is 0 Å². The molecular weight excluding hydrogens is 881 g/mol. The van der Waals surface area contributed by atoms with E-state index in [0.29, 0.717) is 18.4 Å². The molecule has 1 aliphatic heterocycles. The molecule has 1 saturated carbocycles. The van der Waals surface area contributed by atoms with Crippen molar-refractivity contribution in [2.24, 2.45) is 35.0 Å². The lowest BCUT2D eigenvalue weighted by Crippen LogP contribution is -2.61. The van der Waals surface area contributed by atoms with Crippen LogP contribution < -0.4 is 65.1 Å². The minimum Gasteiger partial charge on any atom is -0.508 e. The molecule has 9 atom stereocenters. The summed E-state index contributed by atoms with van der Waals surface area (Å²) >= 11 is 0. The Morgan fingerprint density at radius 1 is 0.731 bits per heavy atom. The van der Waals surface area contributed by atoms with Gasteiger partial charge in [-0.05, 0) is 62.1 Å². The standard InChI is InChI=1S/C42H62N12O13/c1-4-20(2)35-42(67)52-27(9-11-30(43)56)39(64)53-29(17-31(44)57)40(65)51-26(38(63)46-14-13-23-16-25(23)37(62)49-21(3)36(61)48-18-32(45)58)10-12-33(59)47-19-34(60)50-28(41(66)54-35)15-22-5-7-24(55)8-6-22/h5-8,20-21,23,25-29,35,55H,4,9-19H2,1-3H3,(H2,43,56)(H2,44,57)(H2,45,58)(H,46,63)(H,47,59)(H,48,61)(H,49,62)(H,50,60)(H,51,65)(H,52,67)(H,53,64)(H,54,66)/t20?,21-,23?,25?,26?,27-,28-,29-,35?/m0/s1. The Morgan fingerprint density at radius 2 is 1.37 bits per heavy atom. The quantitative estimate of drug-likeness (QED) is 0.0655. The number of aromatic hydroxyl groups is 1. The fourth-order valence-corrected chi connectivity index (χ4v) is 6.97. The Labute approximate surface area is 385 Å². The molecule has 12 amide bonds. The topological polar surface area (TPSA) is 411 Å². The Hall–Kier alpha value is -7.34. The highest BCUT2D eigenvalue weighted by atomic mass is 16.3. The van der Waals surface area contributed by atoms with Crippen LogP contribution in [0.2, 0.25) is 0 Å². The van der Waals surface area contributed by atoms with Crippen molar-refractivity contribution in [3.05, 3.63) is 29.8 Å². The van der Waals surface area contributed by atoms with Crippen molar-refractivity contribution in [1.82, 2.24) is 47.9 Å². The predicted octanol–water partition coefficient (Wildman–Crippen LogP) is -5.30. The van der Waals surface area contributed by atoms with E-state index < -0.39 is 158 Å². The molecule has 1 saturated heterocycles. The molecule has 1 aliphatic carbocycles.